The van der Waals surface area contributed by atoms with E-state index in [4.69, 9.17) is 9.47 Å². The van der Waals surface area contributed by atoms with Gasteiger partial charge in [-0.15, -0.1) is 0 Å². The summed E-state index contributed by atoms with van der Waals surface area (Å²) in [6.45, 7) is 0. The number of hydrogen-bond donors (Lipinski definition) is 0. The zero-order valence-electron chi connectivity index (χ0n) is 7.83. The fourth-order valence-electron chi connectivity index (χ4n) is 1.46. The lowest BCUT2D eigenvalue weighted by molar-refractivity contribution is -0.0443. The summed E-state index contributed by atoms with van der Waals surface area (Å²) in [5.41, 5.74) is 0. The summed E-state index contributed by atoms with van der Waals surface area (Å²) >= 11 is 0. The molecule has 3 heterocycles. The van der Waals surface area contributed by atoms with Crippen molar-refractivity contribution in [3.63, 3.8) is 0 Å². The van der Waals surface area contributed by atoms with Crippen LogP contribution in [-0.4, -0.2) is 17.0 Å². The summed E-state index contributed by atoms with van der Waals surface area (Å²) in [7, 11) is 0. The van der Waals surface area contributed by atoms with Crippen LogP contribution in [0.15, 0.2) is 47.8 Å². The van der Waals surface area contributed by atoms with Gasteiger partial charge in [-0.1, -0.05) is 6.08 Å². The Bertz CT molecular complexity index is 479. The second kappa shape index (κ2) is 2.95. The molecular weight excluding hydrogens is 192 g/mol. The molecule has 3 rings (SSSR count). The van der Waals surface area contributed by atoms with Gasteiger partial charge in [0, 0.05) is 12.3 Å². The fraction of sp³-hybridized carbons (Fsp3) is 0.0909. The number of pyridine rings is 1. The zero-order valence-corrected chi connectivity index (χ0v) is 7.83. The third-order valence-electron chi connectivity index (χ3n) is 2.16. The van der Waals surface area contributed by atoms with Gasteiger partial charge in [-0.3, -0.25) is 0 Å². The third-order valence-corrected chi connectivity index (χ3v) is 2.16. The Balaban J connectivity index is 2.02. The molecule has 15 heavy (non-hydrogen) atoms. The number of ether oxygens (including phenoxy) is 2. The summed E-state index contributed by atoms with van der Waals surface area (Å²) in [6, 6.07) is 3.62. The third kappa shape index (κ3) is 1.30. The molecule has 0 radical (unpaired) electrons. The minimum Gasteiger partial charge on any atom is -0.452 e. The van der Waals surface area contributed by atoms with Crippen LogP contribution in [0, 0.1) is 0 Å². The lowest BCUT2D eigenvalue weighted by atomic mass is 10.2. The van der Waals surface area contributed by atoms with Crippen molar-refractivity contribution in [1.29, 1.82) is 0 Å². The predicted molar refractivity (Wildman–Crippen MR) is 55.1 cm³/mol. The van der Waals surface area contributed by atoms with Crippen LogP contribution in [0.3, 0.4) is 0 Å². The number of nitrogens with zero attached hydrogens (tertiary/aromatic N) is 2. The lowest BCUT2D eigenvalue weighted by Crippen LogP contribution is -2.39. The first kappa shape index (κ1) is 8.23. The maximum absolute atomic E-state index is 5.69. The highest BCUT2D eigenvalue weighted by Gasteiger charge is 2.33. The highest BCUT2D eigenvalue weighted by molar-refractivity contribution is 5.77. The molecule has 0 N–H and O–H groups in total. The highest BCUT2D eigenvalue weighted by atomic mass is 16.7. The van der Waals surface area contributed by atoms with Gasteiger partial charge < -0.3 is 9.47 Å². The molecule has 1 spiro atoms. The first-order valence-corrected chi connectivity index (χ1v) is 4.59. The van der Waals surface area contributed by atoms with Crippen LogP contribution < -0.4 is 4.74 Å². The van der Waals surface area contributed by atoms with Crippen LogP contribution in [0.2, 0.25) is 0 Å². The van der Waals surface area contributed by atoms with Crippen LogP contribution in [0.5, 0.6) is 5.75 Å². The van der Waals surface area contributed by atoms with Crippen LogP contribution in [0.4, 0.5) is 5.82 Å². The number of allylic oxidation sites excluding steroid dienone is 2. The van der Waals surface area contributed by atoms with E-state index in [1.54, 1.807) is 36.9 Å². The first-order valence-electron chi connectivity index (χ1n) is 4.59. The predicted octanol–water partition coefficient (Wildman–Crippen LogP) is 1.97. The van der Waals surface area contributed by atoms with Gasteiger partial charge in [0.1, 0.15) is 0 Å². The van der Waals surface area contributed by atoms with E-state index in [1.165, 1.54) is 0 Å². The van der Waals surface area contributed by atoms with Gasteiger partial charge in [0.05, 0.1) is 12.5 Å². The van der Waals surface area contributed by atoms with E-state index in [1.807, 2.05) is 12.1 Å². The molecule has 0 bridgehead atoms. The van der Waals surface area contributed by atoms with Crippen molar-refractivity contribution in [2.75, 3.05) is 0 Å². The normalized spacial score (nSPS) is 25.9. The molecule has 1 unspecified atom stereocenters. The van der Waals surface area contributed by atoms with E-state index in [2.05, 4.69) is 9.98 Å². The van der Waals surface area contributed by atoms with E-state index < -0.39 is 5.79 Å². The molecule has 0 fully saturated rings. The molecule has 0 amide bonds. The second-order valence-electron chi connectivity index (χ2n) is 3.21. The van der Waals surface area contributed by atoms with Crippen molar-refractivity contribution >= 4 is 12.0 Å². The minimum atomic E-state index is -0.898. The number of aliphatic imine (C=N–C) groups is 1. The average Bonchev–Trinajstić information content (AvgIpc) is 2.30. The molecule has 2 aliphatic rings. The van der Waals surface area contributed by atoms with Gasteiger partial charge in [-0.05, 0) is 18.2 Å². The monoisotopic (exact) mass is 200 g/mol. The van der Waals surface area contributed by atoms with Gasteiger partial charge >= 0.3 is 5.79 Å². The molecule has 0 aromatic carbocycles. The minimum absolute atomic E-state index is 0.578. The molecule has 2 aliphatic heterocycles. The fourth-order valence-corrected chi connectivity index (χ4v) is 1.46. The summed E-state index contributed by atoms with van der Waals surface area (Å²) in [6.07, 6.45) is 10.3. The van der Waals surface area contributed by atoms with Crippen molar-refractivity contribution in [2.24, 2.45) is 4.99 Å². The number of hydrogen-bond acceptors (Lipinski definition) is 4. The Kier molecular flexibility index (Phi) is 1.62. The van der Waals surface area contributed by atoms with Gasteiger partial charge in [0.2, 0.25) is 0 Å². The average molecular weight is 200 g/mol. The topological polar surface area (TPSA) is 43.7 Å². The maximum atomic E-state index is 5.69. The summed E-state index contributed by atoms with van der Waals surface area (Å²) in [5.74, 6) is 0.305. The number of rotatable bonds is 0. The highest BCUT2D eigenvalue weighted by Crippen LogP contribution is 2.33. The molecule has 4 heteroatoms. The Labute approximate surface area is 86.6 Å². The van der Waals surface area contributed by atoms with Crippen molar-refractivity contribution < 1.29 is 9.47 Å². The van der Waals surface area contributed by atoms with Crippen LogP contribution >= 0.6 is 0 Å². The molecule has 0 saturated carbocycles. The van der Waals surface area contributed by atoms with Crippen LogP contribution in [-0.2, 0) is 4.74 Å². The summed E-state index contributed by atoms with van der Waals surface area (Å²) < 4.78 is 11.1. The SMILES string of the molecule is C1=COC2(C=C1)C=Nc1ncccc1O2. The largest absolute Gasteiger partial charge is 0.452 e. The molecule has 1 atom stereocenters. The van der Waals surface area contributed by atoms with E-state index in [-0.39, 0.29) is 0 Å². The molecule has 4 nitrogen and oxygen atoms in total. The first-order chi connectivity index (χ1) is 7.38. The zero-order chi connectivity index (χ0) is 10.1. The molecular formula is C11H8N2O2. The van der Waals surface area contributed by atoms with Gasteiger partial charge in [-0.2, -0.15) is 0 Å². The summed E-state index contributed by atoms with van der Waals surface area (Å²) in [5, 5.41) is 0. The van der Waals surface area contributed by atoms with Crippen molar-refractivity contribution in [1.82, 2.24) is 4.98 Å². The van der Waals surface area contributed by atoms with Crippen molar-refractivity contribution in [3.05, 3.63) is 42.8 Å². The standard InChI is InChI=1S/C11H8N2O2/c1-2-7-14-11(5-1)8-13-10-9(15-11)4-3-6-12-10/h1-8H. The number of fused-ring (bicyclic) bond motifs is 1. The number of aromatic nitrogens is 1. The molecule has 0 saturated heterocycles. The van der Waals surface area contributed by atoms with Gasteiger partial charge in [-0.25, -0.2) is 9.98 Å². The Hall–Kier alpha value is -2.10. The Morgan fingerprint density at radius 1 is 1.27 bits per heavy atom. The van der Waals surface area contributed by atoms with Crippen LogP contribution in [0.25, 0.3) is 0 Å². The quantitative estimate of drug-likeness (QED) is 0.643. The molecule has 1 aromatic heterocycles. The smallest absolute Gasteiger partial charge is 0.308 e. The van der Waals surface area contributed by atoms with Crippen molar-refractivity contribution in [2.45, 2.75) is 5.79 Å². The Morgan fingerprint density at radius 2 is 2.27 bits per heavy atom. The molecule has 1 aromatic rings. The van der Waals surface area contributed by atoms with E-state index in [0.717, 1.165) is 0 Å². The van der Waals surface area contributed by atoms with Crippen molar-refractivity contribution in [3.8, 4) is 5.75 Å². The molecule has 0 aliphatic carbocycles. The van der Waals surface area contributed by atoms with E-state index in [0.29, 0.717) is 11.6 Å². The van der Waals surface area contributed by atoms with E-state index in [9.17, 15) is 0 Å². The second-order valence-corrected chi connectivity index (χ2v) is 3.21. The molecule has 74 valence electrons. The van der Waals surface area contributed by atoms with E-state index >= 15 is 0 Å². The maximum Gasteiger partial charge on any atom is 0.308 e. The van der Waals surface area contributed by atoms with Gasteiger partial charge in [0.25, 0.3) is 0 Å². The summed E-state index contributed by atoms with van der Waals surface area (Å²) in [4.78, 5) is 8.28. The van der Waals surface area contributed by atoms with Crippen LogP contribution in [0.1, 0.15) is 0 Å². The Morgan fingerprint density at radius 3 is 3.13 bits per heavy atom. The van der Waals surface area contributed by atoms with Gasteiger partial charge in [0.15, 0.2) is 11.6 Å². The lowest BCUT2D eigenvalue weighted by Gasteiger charge is -2.30.